The second-order valence-corrected chi connectivity index (χ2v) is 53.9. The Morgan fingerprint density at radius 3 is 0.612 bits per heavy atom. The molecule has 129 heavy (non-hydrogen) atoms. The molecule has 12 heteroatoms. The Morgan fingerprint density at radius 1 is 0.217 bits per heavy atom. The van der Waals surface area contributed by atoms with E-state index in [0.29, 0.717) is 0 Å². The highest BCUT2D eigenvalue weighted by Crippen LogP contribution is 2.72. The summed E-state index contributed by atoms with van der Waals surface area (Å²) in [6, 6.07) is 0. The maximum absolute atomic E-state index is 12.9. The molecule has 0 amide bonds. The average Bonchev–Trinajstić information content (AvgIpc) is 0.682. The molecule has 5 atom stereocenters. The quantitative estimate of drug-likeness (QED) is 0.0496. The van der Waals surface area contributed by atoms with E-state index in [0.717, 1.165) is 184 Å². The lowest BCUT2D eigenvalue weighted by Crippen LogP contribution is -2.60. The van der Waals surface area contributed by atoms with Crippen molar-refractivity contribution >= 4 is 35.8 Å². The van der Waals surface area contributed by atoms with Gasteiger partial charge < -0.3 is 28.4 Å². The first-order valence-electron chi connectivity index (χ1n) is 55.8. The van der Waals surface area contributed by atoms with Crippen LogP contribution < -0.4 is 0 Å². The van der Waals surface area contributed by atoms with Crippen LogP contribution in [0.25, 0.3) is 0 Å². The fourth-order valence-corrected chi connectivity index (χ4v) is 35.3. The van der Waals surface area contributed by atoms with Crippen LogP contribution in [0.2, 0.25) is 0 Å². The molecule has 24 saturated carbocycles. The van der Waals surface area contributed by atoms with Gasteiger partial charge in [-0.3, -0.25) is 28.8 Å². The predicted molar refractivity (Wildman–Crippen MR) is 523 cm³/mol. The Bertz CT molecular complexity index is 3620. The first kappa shape index (κ1) is 103. The maximum Gasteiger partial charge on any atom is 0.312 e. The summed E-state index contributed by atoms with van der Waals surface area (Å²) in [5, 5.41) is 0. The number of hydrogen-bond acceptors (Lipinski definition) is 12. The first-order valence-corrected chi connectivity index (χ1v) is 55.8. The van der Waals surface area contributed by atoms with Crippen LogP contribution in [0.4, 0.5) is 0 Å². The lowest BCUT2D eigenvalue weighted by atomic mass is 9.44. The molecule has 0 aromatic heterocycles. The van der Waals surface area contributed by atoms with Gasteiger partial charge in [-0.1, -0.05) is 104 Å². The Hall–Kier alpha value is -3.18. The van der Waals surface area contributed by atoms with E-state index in [-0.39, 0.29) is 136 Å². The molecular weight excluding hydrogens is 1600 g/mol. The van der Waals surface area contributed by atoms with E-state index in [4.69, 9.17) is 28.4 Å². The van der Waals surface area contributed by atoms with Crippen molar-refractivity contribution in [3.8, 4) is 0 Å². The van der Waals surface area contributed by atoms with Gasteiger partial charge >= 0.3 is 35.8 Å². The van der Waals surface area contributed by atoms with Crippen LogP contribution in [-0.2, 0) is 57.2 Å². The molecule has 0 aliphatic heterocycles. The molecule has 0 N–H and O–H groups in total. The molecule has 12 nitrogen and oxygen atoms in total. The van der Waals surface area contributed by atoms with Crippen LogP contribution >= 0.6 is 0 Å². The van der Waals surface area contributed by atoms with Gasteiger partial charge in [0.1, 0.15) is 33.6 Å². The molecule has 0 heterocycles. The van der Waals surface area contributed by atoms with Crippen molar-refractivity contribution in [1.82, 2.24) is 0 Å². The third-order valence-electron chi connectivity index (χ3n) is 43.9. The maximum atomic E-state index is 12.9. The molecule has 24 bridgehead atoms. The zero-order valence-corrected chi connectivity index (χ0v) is 88.5. The summed E-state index contributed by atoms with van der Waals surface area (Å²) in [6.45, 7) is 57.2. The van der Waals surface area contributed by atoms with Crippen molar-refractivity contribution in [3.05, 3.63) is 0 Å². The van der Waals surface area contributed by atoms with E-state index in [2.05, 4.69) is 125 Å². The average molecular weight is 1800 g/mol. The van der Waals surface area contributed by atoms with Crippen LogP contribution in [0.15, 0.2) is 0 Å². The minimum absolute atomic E-state index is 0.00763. The summed E-state index contributed by atoms with van der Waals surface area (Å²) in [5.41, 5.74) is -1.03. The van der Waals surface area contributed by atoms with Crippen molar-refractivity contribution in [3.63, 3.8) is 0 Å². The number of hydrogen-bond donors (Lipinski definition) is 0. The summed E-state index contributed by atoms with van der Waals surface area (Å²) >= 11 is 0. The molecule has 24 rings (SSSR count). The number of carbonyl (C=O) groups is 6. The second-order valence-electron chi connectivity index (χ2n) is 53.9. The highest BCUT2D eigenvalue weighted by atomic mass is 16.6. The molecule has 0 aromatic rings. The normalized spacial score (nSPS) is 39.1. The highest BCUT2D eigenvalue weighted by molar-refractivity contribution is 5.78. The van der Waals surface area contributed by atoms with Gasteiger partial charge in [0.05, 0.1) is 34.0 Å². The molecule has 5 unspecified atom stereocenters. The Kier molecular flexibility index (Phi) is 31.1. The standard InChI is InChI=1S/C21H36O2.2C20H34O2.2C19H32O2.C18H30O2/c1-6-19(4,5)18(22)23-21(7-2,8-3)20-12-15-9-16(13-20)11-17(10-15)14-20;1-6-18(3,4)17(21)22-19(5,7-2)20-11-14-8-15(12-20)10-16(9-14)13-20;1-5-14(4)18(21)22-20(6-2,7-3)19-11-15-8-16(12-19)10-17(9-15)13-19;1-6-17(2,3)16(20)21-18(4,5)19-10-13-7-14(11-19)9-15(8-13)12-19;1-5-13(3)17(20)21-18(4,6-2)19-10-14-7-15(11-19)9-16(8-14)12-19;1-5-12(2)16(19)20-17(3,4)18-9-13-6-14(10-18)8-15(7-13)11-18/h15-17H,6-14H2,1-5H3;14-16H,6-13H2,1-5H3;14-17H,5-13H2,1-4H3;13-15H,6-12H2,1-5H3;13-16H,5-12H2,1-4H3;12-15H,5-11H2,1-4H3. The summed E-state index contributed by atoms with van der Waals surface area (Å²) in [6.07, 6.45) is 60.3. The van der Waals surface area contributed by atoms with Gasteiger partial charge in [0.25, 0.3) is 0 Å². The number of esters is 6. The van der Waals surface area contributed by atoms with Crippen LogP contribution in [0.1, 0.15) is 495 Å². The van der Waals surface area contributed by atoms with Crippen molar-refractivity contribution in [1.29, 1.82) is 0 Å². The van der Waals surface area contributed by atoms with Gasteiger partial charge in [-0.25, -0.2) is 0 Å². The van der Waals surface area contributed by atoms with E-state index in [1.807, 2.05) is 62.3 Å². The smallest absolute Gasteiger partial charge is 0.312 e. The molecule has 0 radical (unpaired) electrons. The summed E-state index contributed by atoms with van der Waals surface area (Å²) in [5.74, 6) is 16.4. The topological polar surface area (TPSA) is 158 Å². The van der Waals surface area contributed by atoms with Crippen LogP contribution in [0.5, 0.6) is 0 Å². The second kappa shape index (κ2) is 38.9. The lowest BCUT2D eigenvalue weighted by molar-refractivity contribution is -0.219. The van der Waals surface area contributed by atoms with Crippen LogP contribution in [0, 0.1) is 173 Å². The lowest BCUT2D eigenvalue weighted by Gasteiger charge is -2.63. The fraction of sp³-hybridized carbons (Fsp3) is 0.949. The van der Waals surface area contributed by atoms with E-state index < -0.39 is 0 Å². The summed E-state index contributed by atoms with van der Waals surface area (Å²) in [4.78, 5) is 75.5. The number of ether oxygens (including phenoxy) is 6. The van der Waals surface area contributed by atoms with Gasteiger partial charge in [0.15, 0.2) is 0 Å². The van der Waals surface area contributed by atoms with Crippen molar-refractivity contribution in [2.45, 2.75) is 529 Å². The minimum Gasteiger partial charge on any atom is -0.459 e. The molecule has 24 aliphatic rings. The zero-order chi connectivity index (χ0) is 94.3. The van der Waals surface area contributed by atoms with Gasteiger partial charge in [-0.05, 0) is 498 Å². The summed E-state index contributed by atoms with van der Waals surface area (Å²) < 4.78 is 37.4. The Balaban J connectivity index is 0.000000132. The van der Waals surface area contributed by atoms with Gasteiger partial charge in [0.2, 0.25) is 0 Å². The van der Waals surface area contributed by atoms with E-state index in [9.17, 15) is 28.8 Å². The number of rotatable bonds is 30. The largest absolute Gasteiger partial charge is 0.459 e. The van der Waals surface area contributed by atoms with Crippen LogP contribution in [0.3, 0.4) is 0 Å². The summed E-state index contributed by atoms with van der Waals surface area (Å²) in [7, 11) is 0. The molecule has 0 aromatic carbocycles. The third kappa shape index (κ3) is 20.1. The van der Waals surface area contributed by atoms with Gasteiger partial charge in [-0.15, -0.1) is 0 Å². The monoisotopic (exact) mass is 1800 g/mol. The van der Waals surface area contributed by atoms with Crippen LogP contribution in [-0.4, -0.2) is 69.4 Å². The Labute approximate surface area is 790 Å². The molecule has 24 fully saturated rings. The van der Waals surface area contributed by atoms with Crippen molar-refractivity contribution < 1.29 is 57.2 Å². The van der Waals surface area contributed by atoms with E-state index >= 15 is 0 Å². The molecule has 24 aliphatic carbocycles. The van der Waals surface area contributed by atoms with Gasteiger partial charge in [0, 0.05) is 32.5 Å². The fourth-order valence-electron chi connectivity index (χ4n) is 35.3. The van der Waals surface area contributed by atoms with Crippen molar-refractivity contribution in [2.24, 2.45) is 173 Å². The van der Waals surface area contributed by atoms with Gasteiger partial charge in [-0.2, -0.15) is 0 Å². The van der Waals surface area contributed by atoms with E-state index in [1.165, 1.54) is 231 Å². The minimum atomic E-state index is -0.363. The molecule has 738 valence electrons. The third-order valence-corrected chi connectivity index (χ3v) is 43.9. The highest BCUT2D eigenvalue weighted by Gasteiger charge is 2.68. The number of carbonyl (C=O) groups excluding carboxylic acids is 6. The molecular formula is C117H198O12. The first-order chi connectivity index (χ1) is 60.4. The van der Waals surface area contributed by atoms with Crippen molar-refractivity contribution in [2.75, 3.05) is 0 Å². The Morgan fingerprint density at radius 2 is 0.395 bits per heavy atom. The predicted octanol–water partition coefficient (Wildman–Crippen LogP) is 30.9. The molecule has 0 spiro atoms. The zero-order valence-electron chi connectivity index (χ0n) is 88.5. The van der Waals surface area contributed by atoms with E-state index in [1.54, 1.807) is 0 Å². The molecule has 0 saturated heterocycles. The SMILES string of the molecule is CCC(C)(C)C(=O)OC(C)(C)C12CC3CC(CC(C3)C1)C2.CCC(C)(C)C(=O)OC(C)(CC)C12CC3CC(CC(C3)C1)C2.CCC(C)(C)C(=O)OC(CC)(CC)C12CC3CC(CC(C3)C1)C2.CCC(C)C(=O)OC(C)(C)C12CC3CC(CC(C3)C1)C2.CCC(C)C(=O)OC(C)(CC)C12CC3CC(CC(C3)C1)C2.CCC(C)C(=O)OC(CC)(CC)C12CC3CC(CC(C3)C1)C2.